The molecule has 0 aliphatic carbocycles. The van der Waals surface area contributed by atoms with Crippen LogP contribution in [0.3, 0.4) is 0 Å². The molecular formula is C30H32O4S2. The van der Waals surface area contributed by atoms with Crippen molar-refractivity contribution in [1.82, 2.24) is 0 Å². The number of methoxy groups -OCH3 is 4. The van der Waals surface area contributed by atoms with Crippen LogP contribution in [0.1, 0.15) is 23.1 Å². The minimum Gasteiger partial charge on any atom is -0.497 e. The van der Waals surface area contributed by atoms with Crippen molar-refractivity contribution in [3.05, 3.63) is 102 Å². The van der Waals surface area contributed by atoms with Crippen LogP contribution in [0.4, 0.5) is 0 Å². The van der Waals surface area contributed by atoms with Crippen LogP contribution in [0, 0.1) is 0 Å². The molecule has 0 amide bonds. The quantitative estimate of drug-likeness (QED) is 0.273. The normalized spacial score (nSPS) is 14.8. The molecule has 0 spiro atoms. The lowest BCUT2D eigenvalue weighted by atomic mass is 9.97. The van der Waals surface area contributed by atoms with Gasteiger partial charge in [0, 0.05) is 0 Å². The average Bonchev–Trinajstić information content (AvgIpc) is 2.95. The first-order valence-electron chi connectivity index (χ1n) is 11.8. The monoisotopic (exact) mass is 520 g/mol. The van der Waals surface area contributed by atoms with Crippen molar-refractivity contribution in [1.29, 1.82) is 0 Å². The van der Waals surface area contributed by atoms with Gasteiger partial charge in [-0.1, -0.05) is 48.6 Å². The Bertz CT molecular complexity index is 1150. The van der Waals surface area contributed by atoms with E-state index in [-0.39, 0.29) is 4.08 Å². The van der Waals surface area contributed by atoms with E-state index in [1.54, 1.807) is 28.4 Å². The highest BCUT2D eigenvalue weighted by molar-refractivity contribution is 8.18. The van der Waals surface area contributed by atoms with E-state index >= 15 is 0 Å². The number of hydrogen-bond acceptors (Lipinski definition) is 6. The zero-order valence-electron chi connectivity index (χ0n) is 21.2. The van der Waals surface area contributed by atoms with Crippen molar-refractivity contribution < 1.29 is 18.9 Å². The first-order valence-corrected chi connectivity index (χ1v) is 13.8. The molecule has 0 saturated carbocycles. The maximum absolute atomic E-state index is 5.61. The fourth-order valence-corrected chi connectivity index (χ4v) is 7.27. The van der Waals surface area contributed by atoms with E-state index in [9.17, 15) is 0 Å². The number of benzene rings is 3. The van der Waals surface area contributed by atoms with Gasteiger partial charge in [-0.3, -0.25) is 0 Å². The summed E-state index contributed by atoms with van der Waals surface area (Å²) in [5.74, 6) is 5.39. The van der Waals surface area contributed by atoms with Gasteiger partial charge in [0.1, 0.15) is 15.6 Å². The number of rotatable bonds is 9. The standard InChI is InChI=1S/C30H32O4S2/c1-31-25-13-8-22(9-14-25)27(23-10-15-26(32-2)16-11-23)7-5-18-30(35-19-6-20-36-30)24-12-17-28(33-3)29(21-24)34-4/h5,7-18,21H,6,19-20H2,1-4H3. The molecule has 0 bridgehead atoms. The van der Waals surface area contributed by atoms with Crippen LogP contribution in [0.5, 0.6) is 23.0 Å². The van der Waals surface area contributed by atoms with Crippen LogP contribution in [0.15, 0.2) is 85.0 Å². The molecular weight excluding hydrogens is 488 g/mol. The molecule has 36 heavy (non-hydrogen) atoms. The summed E-state index contributed by atoms with van der Waals surface area (Å²) in [5.41, 5.74) is 4.57. The maximum Gasteiger partial charge on any atom is 0.161 e. The summed E-state index contributed by atoms with van der Waals surface area (Å²) < 4.78 is 21.6. The Morgan fingerprint density at radius 1 is 0.694 bits per heavy atom. The summed E-state index contributed by atoms with van der Waals surface area (Å²) in [6.45, 7) is 0. The van der Waals surface area contributed by atoms with Crippen LogP contribution in [0.25, 0.3) is 5.57 Å². The predicted octanol–water partition coefficient (Wildman–Crippen LogP) is 7.43. The molecule has 3 aromatic carbocycles. The zero-order chi connectivity index (χ0) is 25.4. The largest absolute Gasteiger partial charge is 0.497 e. The second-order valence-electron chi connectivity index (χ2n) is 8.18. The van der Waals surface area contributed by atoms with Crippen molar-refractivity contribution in [2.75, 3.05) is 39.9 Å². The number of ether oxygens (including phenoxy) is 4. The molecule has 0 N–H and O–H groups in total. The highest BCUT2D eigenvalue weighted by Crippen LogP contribution is 2.52. The van der Waals surface area contributed by atoms with Crippen LogP contribution in [-0.2, 0) is 4.08 Å². The Balaban J connectivity index is 1.74. The number of hydrogen-bond donors (Lipinski definition) is 0. The molecule has 1 fully saturated rings. The summed E-state index contributed by atoms with van der Waals surface area (Å²) in [6, 6.07) is 22.6. The van der Waals surface area contributed by atoms with Crippen LogP contribution < -0.4 is 18.9 Å². The van der Waals surface area contributed by atoms with Gasteiger partial charge in [0.25, 0.3) is 0 Å². The van der Waals surface area contributed by atoms with Crippen LogP contribution in [0.2, 0.25) is 0 Å². The van der Waals surface area contributed by atoms with E-state index < -0.39 is 0 Å². The second kappa shape index (κ2) is 12.3. The minimum atomic E-state index is -0.195. The van der Waals surface area contributed by atoms with E-state index in [4.69, 9.17) is 18.9 Å². The lowest BCUT2D eigenvalue weighted by molar-refractivity contribution is 0.354. The Morgan fingerprint density at radius 3 is 1.75 bits per heavy atom. The SMILES string of the molecule is COc1ccc(C(=CC=CC2(c3ccc(OC)c(OC)c3)SCCCS2)c2ccc(OC)cc2)cc1. The number of thioether (sulfide) groups is 2. The molecule has 0 aromatic heterocycles. The summed E-state index contributed by atoms with van der Waals surface area (Å²) in [4.78, 5) is 0. The Morgan fingerprint density at radius 2 is 1.25 bits per heavy atom. The van der Waals surface area contributed by atoms with E-state index in [0.29, 0.717) is 0 Å². The molecule has 3 aromatic rings. The van der Waals surface area contributed by atoms with Crippen molar-refractivity contribution >= 4 is 29.1 Å². The van der Waals surface area contributed by atoms with Crippen molar-refractivity contribution in [2.45, 2.75) is 10.5 Å². The first-order chi connectivity index (χ1) is 17.6. The molecule has 188 valence electrons. The van der Waals surface area contributed by atoms with Gasteiger partial charge in [0.2, 0.25) is 0 Å². The molecule has 0 atom stereocenters. The fourth-order valence-electron chi connectivity index (χ4n) is 4.13. The summed E-state index contributed by atoms with van der Waals surface area (Å²) in [5, 5.41) is 0. The molecule has 1 saturated heterocycles. The van der Waals surface area contributed by atoms with Crippen molar-refractivity contribution in [2.24, 2.45) is 0 Å². The Labute approximate surface area is 222 Å². The van der Waals surface area contributed by atoms with Crippen LogP contribution >= 0.6 is 23.5 Å². The lowest BCUT2D eigenvalue weighted by Crippen LogP contribution is -2.20. The molecule has 6 heteroatoms. The third-order valence-corrected chi connectivity index (χ3v) is 9.38. The minimum absolute atomic E-state index is 0.195. The molecule has 0 unspecified atom stereocenters. The van der Waals surface area contributed by atoms with Crippen LogP contribution in [-0.4, -0.2) is 39.9 Å². The first kappa shape index (κ1) is 26.1. The summed E-state index contributed by atoms with van der Waals surface area (Å²) >= 11 is 3.93. The van der Waals surface area contributed by atoms with E-state index in [0.717, 1.165) is 51.2 Å². The van der Waals surface area contributed by atoms with Gasteiger partial charge in [0.15, 0.2) is 11.5 Å². The third kappa shape index (κ3) is 5.88. The molecule has 4 rings (SSSR count). The summed E-state index contributed by atoms with van der Waals surface area (Å²) in [7, 11) is 6.72. The fraction of sp³-hybridized carbons (Fsp3) is 0.267. The van der Waals surface area contributed by atoms with Crippen molar-refractivity contribution in [3.8, 4) is 23.0 Å². The van der Waals surface area contributed by atoms with Gasteiger partial charge in [-0.15, -0.1) is 23.5 Å². The molecule has 1 heterocycles. The van der Waals surface area contributed by atoms with Gasteiger partial charge >= 0.3 is 0 Å². The topological polar surface area (TPSA) is 36.9 Å². The van der Waals surface area contributed by atoms with E-state index in [1.165, 1.54) is 12.0 Å². The second-order valence-corrected chi connectivity index (χ2v) is 11.1. The zero-order valence-corrected chi connectivity index (χ0v) is 22.8. The Hall–Kier alpha value is -2.96. The maximum atomic E-state index is 5.61. The van der Waals surface area contributed by atoms with E-state index in [1.807, 2.05) is 53.9 Å². The predicted molar refractivity (Wildman–Crippen MR) is 153 cm³/mol. The lowest BCUT2D eigenvalue weighted by Gasteiger charge is -2.34. The van der Waals surface area contributed by atoms with Crippen molar-refractivity contribution in [3.63, 3.8) is 0 Å². The number of allylic oxidation sites excluding steroid dienone is 2. The van der Waals surface area contributed by atoms with E-state index in [2.05, 4.69) is 54.6 Å². The highest BCUT2D eigenvalue weighted by atomic mass is 32.2. The smallest absolute Gasteiger partial charge is 0.161 e. The van der Waals surface area contributed by atoms with Gasteiger partial charge in [-0.05, 0) is 76.6 Å². The summed E-state index contributed by atoms with van der Waals surface area (Å²) in [6.07, 6.45) is 7.90. The van der Waals surface area contributed by atoms with Gasteiger partial charge in [-0.2, -0.15) is 0 Å². The molecule has 4 nitrogen and oxygen atoms in total. The average molecular weight is 521 g/mol. The van der Waals surface area contributed by atoms with Gasteiger partial charge in [-0.25, -0.2) is 0 Å². The third-order valence-electron chi connectivity index (χ3n) is 6.09. The van der Waals surface area contributed by atoms with Gasteiger partial charge < -0.3 is 18.9 Å². The van der Waals surface area contributed by atoms with Gasteiger partial charge in [0.05, 0.1) is 28.4 Å². The molecule has 0 radical (unpaired) electrons. The molecule has 1 aliphatic heterocycles. The Kier molecular flexibility index (Phi) is 8.94. The highest BCUT2D eigenvalue weighted by Gasteiger charge is 2.33. The molecule has 1 aliphatic rings.